The molecule has 1 aromatic heterocycles. The quantitative estimate of drug-likeness (QED) is 0.181. The molecule has 3 aromatic carbocycles. The average Bonchev–Trinajstić information content (AvgIpc) is 3.15. The number of nitrogens with one attached hydrogen (secondary N) is 1. The lowest BCUT2D eigenvalue weighted by atomic mass is 10.1. The second kappa shape index (κ2) is 9.59. The van der Waals surface area contributed by atoms with Crippen molar-refractivity contribution in [1.29, 1.82) is 5.26 Å². The van der Waals surface area contributed by atoms with Gasteiger partial charge in [0.2, 0.25) is 0 Å². The van der Waals surface area contributed by atoms with Crippen molar-refractivity contribution in [3.05, 3.63) is 89.3 Å². The lowest BCUT2D eigenvalue weighted by Crippen LogP contribution is -1.99. The minimum absolute atomic E-state index is 0.459. The van der Waals surface area contributed by atoms with E-state index < -0.39 is 0 Å². The maximum absolute atomic E-state index is 9.73. The number of halogens is 3. The van der Waals surface area contributed by atoms with Gasteiger partial charge < -0.3 is 9.72 Å². The number of aromatic amines is 1. The van der Waals surface area contributed by atoms with Gasteiger partial charge in [-0.15, -0.1) is 0 Å². The number of aromatic nitrogens is 2. The SMILES string of the molecule is Cc1ccc2nc(/C(C#N)=C\c3cc(I)c(OCc4ccc(Cl)cc4)c(I)c3)[nH]c2c1. The van der Waals surface area contributed by atoms with E-state index in [1.165, 1.54) is 0 Å². The highest BCUT2D eigenvalue weighted by molar-refractivity contribution is 14.1. The van der Waals surface area contributed by atoms with Gasteiger partial charge in [-0.25, -0.2) is 4.98 Å². The van der Waals surface area contributed by atoms with Crippen molar-refractivity contribution in [2.45, 2.75) is 13.5 Å². The highest BCUT2D eigenvalue weighted by Gasteiger charge is 2.12. The summed E-state index contributed by atoms with van der Waals surface area (Å²) in [5.41, 5.74) is 5.36. The number of nitrogens with zero attached hydrogens (tertiary/aromatic N) is 2. The van der Waals surface area contributed by atoms with Crippen LogP contribution in [0.25, 0.3) is 22.7 Å². The standard InChI is InChI=1S/C24H16ClI2N3O/c1-14-2-7-21-22(8-14)30-24(29-21)17(12-28)9-16-10-19(26)23(20(27)11-16)31-13-15-3-5-18(25)6-4-15/h2-11H,13H2,1H3,(H,29,30)/b17-9-. The Morgan fingerprint density at radius 3 is 2.52 bits per heavy atom. The summed E-state index contributed by atoms with van der Waals surface area (Å²) in [7, 11) is 0. The van der Waals surface area contributed by atoms with Gasteiger partial charge in [-0.3, -0.25) is 0 Å². The Morgan fingerprint density at radius 2 is 1.84 bits per heavy atom. The molecular weight excluding hydrogens is 636 g/mol. The van der Waals surface area contributed by atoms with E-state index in [1.807, 2.05) is 67.6 Å². The molecule has 0 aliphatic carbocycles. The van der Waals surface area contributed by atoms with Gasteiger partial charge in [0, 0.05) is 5.02 Å². The Hall–Kier alpha value is -2.09. The summed E-state index contributed by atoms with van der Waals surface area (Å²) < 4.78 is 8.00. The van der Waals surface area contributed by atoms with Gasteiger partial charge in [0.1, 0.15) is 24.3 Å². The Kier molecular flexibility index (Phi) is 6.84. The van der Waals surface area contributed by atoms with Gasteiger partial charge >= 0.3 is 0 Å². The van der Waals surface area contributed by atoms with Gasteiger partial charge in [0.15, 0.2) is 0 Å². The van der Waals surface area contributed by atoms with Gasteiger partial charge in [0.05, 0.1) is 23.7 Å². The molecule has 31 heavy (non-hydrogen) atoms. The maximum atomic E-state index is 9.73. The predicted octanol–water partition coefficient (Wildman–Crippen LogP) is 7.38. The first-order chi connectivity index (χ1) is 14.9. The molecule has 1 N–H and O–H groups in total. The smallest absolute Gasteiger partial charge is 0.149 e. The summed E-state index contributed by atoms with van der Waals surface area (Å²) >= 11 is 10.5. The molecule has 0 atom stereocenters. The van der Waals surface area contributed by atoms with E-state index >= 15 is 0 Å². The second-order valence-corrected chi connectivity index (χ2v) is 9.77. The molecule has 1 heterocycles. The zero-order valence-corrected chi connectivity index (χ0v) is 21.5. The number of ether oxygens (including phenoxy) is 1. The van der Waals surface area contributed by atoms with Crippen molar-refractivity contribution in [3.63, 3.8) is 0 Å². The summed E-state index contributed by atoms with van der Waals surface area (Å²) in [6, 6.07) is 19.9. The average molecular weight is 652 g/mol. The fourth-order valence-electron chi connectivity index (χ4n) is 3.11. The fraction of sp³-hybridized carbons (Fsp3) is 0.0833. The molecule has 4 nitrogen and oxygen atoms in total. The number of fused-ring (bicyclic) bond motifs is 1. The molecule has 7 heteroatoms. The molecular formula is C24H16ClI2N3O. The third-order valence-corrected chi connectivity index (χ3v) is 6.50. The van der Waals surface area contributed by atoms with Gasteiger partial charge in [-0.1, -0.05) is 29.8 Å². The van der Waals surface area contributed by atoms with Crippen LogP contribution in [0.5, 0.6) is 5.75 Å². The normalized spacial score (nSPS) is 11.5. The van der Waals surface area contributed by atoms with Crippen molar-refractivity contribution in [3.8, 4) is 11.8 Å². The van der Waals surface area contributed by atoms with Crippen LogP contribution in [0.4, 0.5) is 0 Å². The number of H-pyrrole nitrogens is 1. The molecule has 0 fully saturated rings. The Balaban J connectivity index is 1.60. The minimum atomic E-state index is 0.459. The molecule has 0 aliphatic rings. The minimum Gasteiger partial charge on any atom is -0.487 e. The molecule has 0 saturated heterocycles. The number of aryl methyl sites for hydroxylation is 1. The highest BCUT2D eigenvalue weighted by Crippen LogP contribution is 2.31. The van der Waals surface area contributed by atoms with Crippen LogP contribution < -0.4 is 4.74 Å². The number of benzene rings is 3. The van der Waals surface area contributed by atoms with Crippen LogP contribution in [0.15, 0.2) is 54.6 Å². The number of imidazole rings is 1. The van der Waals surface area contributed by atoms with Crippen LogP contribution in [0.3, 0.4) is 0 Å². The van der Waals surface area contributed by atoms with Crippen molar-refractivity contribution in [2.75, 3.05) is 0 Å². The largest absolute Gasteiger partial charge is 0.487 e. The molecule has 154 valence electrons. The third-order valence-electron chi connectivity index (χ3n) is 4.64. The molecule has 0 unspecified atom stereocenters. The van der Waals surface area contributed by atoms with E-state index in [1.54, 1.807) is 0 Å². The fourth-order valence-corrected chi connectivity index (χ4v) is 5.36. The second-order valence-electron chi connectivity index (χ2n) is 7.00. The van der Waals surface area contributed by atoms with Gasteiger partial charge in [-0.2, -0.15) is 5.26 Å². The predicted molar refractivity (Wildman–Crippen MR) is 142 cm³/mol. The van der Waals surface area contributed by atoms with Crippen LogP contribution in [-0.2, 0) is 6.61 Å². The zero-order valence-electron chi connectivity index (χ0n) is 16.4. The number of nitriles is 1. The van der Waals surface area contributed by atoms with Crippen molar-refractivity contribution in [2.24, 2.45) is 0 Å². The first-order valence-electron chi connectivity index (χ1n) is 9.38. The van der Waals surface area contributed by atoms with Crippen LogP contribution >= 0.6 is 56.8 Å². The Labute approximate surface area is 212 Å². The number of hydrogen-bond donors (Lipinski definition) is 1. The van der Waals surface area contributed by atoms with E-state index in [4.69, 9.17) is 16.3 Å². The van der Waals surface area contributed by atoms with E-state index in [2.05, 4.69) is 61.2 Å². The maximum Gasteiger partial charge on any atom is 0.149 e. The van der Waals surface area contributed by atoms with E-state index in [0.29, 0.717) is 23.0 Å². The molecule has 0 saturated carbocycles. The monoisotopic (exact) mass is 651 g/mol. The summed E-state index contributed by atoms with van der Waals surface area (Å²) in [5.74, 6) is 1.39. The molecule has 4 aromatic rings. The van der Waals surface area contributed by atoms with E-state index in [0.717, 1.165) is 40.6 Å². The van der Waals surface area contributed by atoms with Crippen molar-refractivity contribution >= 4 is 79.5 Å². The molecule has 0 aliphatic heterocycles. The Bertz CT molecular complexity index is 1310. The van der Waals surface area contributed by atoms with Gasteiger partial charge in [-0.05, 0) is 111 Å². The van der Waals surface area contributed by atoms with E-state index in [-0.39, 0.29) is 0 Å². The molecule has 0 amide bonds. The summed E-state index contributed by atoms with van der Waals surface area (Å²) in [5, 5.41) is 10.4. The van der Waals surface area contributed by atoms with Crippen LogP contribution in [0.1, 0.15) is 22.5 Å². The molecule has 0 bridgehead atoms. The van der Waals surface area contributed by atoms with Crippen molar-refractivity contribution < 1.29 is 4.74 Å². The summed E-state index contributed by atoms with van der Waals surface area (Å²) in [6.45, 7) is 2.49. The topological polar surface area (TPSA) is 61.7 Å². The molecule has 4 rings (SSSR count). The number of allylic oxidation sites excluding steroid dienone is 1. The van der Waals surface area contributed by atoms with E-state index in [9.17, 15) is 5.26 Å². The molecule has 0 radical (unpaired) electrons. The Morgan fingerprint density at radius 1 is 1.13 bits per heavy atom. The molecule has 0 spiro atoms. The first kappa shape index (κ1) is 22.1. The first-order valence-corrected chi connectivity index (χ1v) is 11.9. The number of rotatable bonds is 5. The highest BCUT2D eigenvalue weighted by atomic mass is 127. The zero-order chi connectivity index (χ0) is 22.0. The summed E-state index contributed by atoms with van der Waals surface area (Å²) in [4.78, 5) is 7.82. The lowest BCUT2D eigenvalue weighted by molar-refractivity contribution is 0.302. The van der Waals surface area contributed by atoms with Crippen LogP contribution in [-0.4, -0.2) is 9.97 Å². The van der Waals surface area contributed by atoms with Gasteiger partial charge in [0.25, 0.3) is 0 Å². The van der Waals surface area contributed by atoms with Crippen molar-refractivity contribution in [1.82, 2.24) is 9.97 Å². The third kappa shape index (κ3) is 5.22. The summed E-state index contributed by atoms with van der Waals surface area (Å²) in [6.07, 6.45) is 1.85. The number of hydrogen-bond acceptors (Lipinski definition) is 3. The van der Waals surface area contributed by atoms with Crippen LogP contribution in [0.2, 0.25) is 5.02 Å². The lowest BCUT2D eigenvalue weighted by Gasteiger charge is -2.12. The van der Waals surface area contributed by atoms with Crippen LogP contribution in [0, 0.1) is 25.4 Å².